The Kier molecular flexibility index (Phi) is 3.44. The predicted octanol–water partition coefficient (Wildman–Crippen LogP) is 5.02. The number of rotatable bonds is 0. The third-order valence-electron chi connectivity index (χ3n) is 9.01. The lowest BCUT2D eigenvalue weighted by Crippen LogP contribution is -2.54. The molecular formula is C21H34O2. The standard InChI is InChI=1S/C21H34O2/c1-14-3-5-16-15(13-14)4-6-18-17(16)7-9-20(2)19(18)8-10-21(20)22-11-12-23-21/h14-19H,3-13H2,1-2H3/t14-,15-,16-,17+,18+,19-,20-/m0/s1. The summed E-state index contributed by atoms with van der Waals surface area (Å²) >= 11 is 0. The van der Waals surface area contributed by atoms with Gasteiger partial charge in [0, 0.05) is 11.8 Å². The van der Waals surface area contributed by atoms with Gasteiger partial charge in [-0.05, 0) is 80.5 Å². The molecule has 5 rings (SSSR count). The Morgan fingerprint density at radius 1 is 0.783 bits per heavy atom. The summed E-state index contributed by atoms with van der Waals surface area (Å²) in [5.41, 5.74) is 0.291. The second kappa shape index (κ2) is 5.21. The molecule has 0 N–H and O–H groups in total. The van der Waals surface area contributed by atoms with Gasteiger partial charge in [-0.25, -0.2) is 0 Å². The molecule has 0 radical (unpaired) electrons. The van der Waals surface area contributed by atoms with E-state index >= 15 is 0 Å². The highest BCUT2D eigenvalue weighted by atomic mass is 16.7. The van der Waals surface area contributed by atoms with Gasteiger partial charge >= 0.3 is 0 Å². The van der Waals surface area contributed by atoms with Crippen molar-refractivity contribution < 1.29 is 9.47 Å². The molecule has 130 valence electrons. The third-order valence-corrected chi connectivity index (χ3v) is 9.01. The molecule has 5 aliphatic rings. The van der Waals surface area contributed by atoms with Gasteiger partial charge in [-0.15, -0.1) is 0 Å². The van der Waals surface area contributed by atoms with Gasteiger partial charge in [-0.1, -0.05) is 20.3 Å². The summed E-state index contributed by atoms with van der Waals surface area (Å²) in [4.78, 5) is 0. The second-order valence-corrected chi connectivity index (χ2v) is 9.80. The molecule has 0 unspecified atom stereocenters. The van der Waals surface area contributed by atoms with Gasteiger partial charge in [0.25, 0.3) is 0 Å². The summed E-state index contributed by atoms with van der Waals surface area (Å²) in [5.74, 6) is 5.73. The zero-order valence-corrected chi connectivity index (χ0v) is 15.1. The maximum Gasteiger partial charge on any atom is 0.174 e. The van der Waals surface area contributed by atoms with E-state index in [2.05, 4.69) is 13.8 Å². The van der Waals surface area contributed by atoms with E-state index in [0.29, 0.717) is 5.41 Å². The molecule has 0 bridgehead atoms. The van der Waals surface area contributed by atoms with Gasteiger partial charge < -0.3 is 9.47 Å². The lowest BCUT2D eigenvalue weighted by Gasteiger charge is -2.57. The molecule has 0 aromatic heterocycles. The lowest BCUT2D eigenvalue weighted by atomic mass is 9.49. The molecule has 1 heterocycles. The van der Waals surface area contributed by atoms with Crippen molar-refractivity contribution in [3.63, 3.8) is 0 Å². The number of hydrogen-bond acceptors (Lipinski definition) is 2. The van der Waals surface area contributed by atoms with Crippen LogP contribution in [0.1, 0.15) is 71.6 Å². The van der Waals surface area contributed by atoms with E-state index in [0.717, 1.165) is 55.1 Å². The summed E-state index contributed by atoms with van der Waals surface area (Å²) in [5, 5.41) is 0. The van der Waals surface area contributed by atoms with Crippen molar-refractivity contribution >= 4 is 0 Å². The lowest BCUT2D eigenvalue weighted by molar-refractivity contribution is -0.243. The smallest absolute Gasteiger partial charge is 0.174 e. The third kappa shape index (κ3) is 2.00. The molecule has 4 aliphatic carbocycles. The summed E-state index contributed by atoms with van der Waals surface area (Å²) in [6, 6.07) is 0. The molecular weight excluding hydrogens is 284 g/mol. The first kappa shape index (κ1) is 15.2. The zero-order valence-electron chi connectivity index (χ0n) is 15.1. The van der Waals surface area contributed by atoms with E-state index in [9.17, 15) is 0 Å². The molecule has 1 spiro atoms. The number of ether oxygens (including phenoxy) is 2. The molecule has 4 saturated carbocycles. The van der Waals surface area contributed by atoms with Gasteiger partial charge in [0.15, 0.2) is 5.79 Å². The van der Waals surface area contributed by atoms with E-state index < -0.39 is 0 Å². The normalized spacial score (nSPS) is 54.5. The van der Waals surface area contributed by atoms with Crippen LogP contribution in [0.2, 0.25) is 0 Å². The minimum Gasteiger partial charge on any atom is -0.347 e. The Bertz CT molecular complexity index is 468. The highest BCUT2D eigenvalue weighted by Crippen LogP contribution is 2.67. The van der Waals surface area contributed by atoms with Crippen LogP contribution in [0.25, 0.3) is 0 Å². The molecule has 7 atom stereocenters. The van der Waals surface area contributed by atoms with Crippen LogP contribution in [0.15, 0.2) is 0 Å². The van der Waals surface area contributed by atoms with Crippen molar-refractivity contribution in [2.75, 3.05) is 13.2 Å². The topological polar surface area (TPSA) is 18.5 Å². The molecule has 23 heavy (non-hydrogen) atoms. The van der Waals surface area contributed by atoms with Crippen LogP contribution in [-0.2, 0) is 9.47 Å². The molecule has 0 aromatic carbocycles. The number of hydrogen-bond donors (Lipinski definition) is 0. The van der Waals surface area contributed by atoms with Crippen LogP contribution < -0.4 is 0 Å². The average Bonchev–Trinajstić information content (AvgIpc) is 3.14. The van der Waals surface area contributed by atoms with Crippen LogP contribution in [-0.4, -0.2) is 19.0 Å². The summed E-state index contributed by atoms with van der Waals surface area (Å²) in [7, 11) is 0. The molecule has 2 nitrogen and oxygen atoms in total. The highest BCUT2D eigenvalue weighted by Gasteiger charge is 2.65. The molecule has 2 heteroatoms. The van der Waals surface area contributed by atoms with Crippen LogP contribution >= 0.6 is 0 Å². The van der Waals surface area contributed by atoms with Crippen LogP contribution in [0.3, 0.4) is 0 Å². The van der Waals surface area contributed by atoms with Crippen LogP contribution in [0.5, 0.6) is 0 Å². The van der Waals surface area contributed by atoms with Gasteiger partial charge in [0.05, 0.1) is 13.2 Å². The number of fused-ring (bicyclic) bond motifs is 6. The van der Waals surface area contributed by atoms with E-state index in [-0.39, 0.29) is 5.79 Å². The Morgan fingerprint density at radius 3 is 2.39 bits per heavy atom. The molecule has 0 aromatic rings. The zero-order chi connectivity index (χ0) is 15.7. The quantitative estimate of drug-likeness (QED) is 0.624. The molecule has 1 saturated heterocycles. The SMILES string of the molecule is C[C@H]1CC[C@H]2[C@@H](CC[C@@H]3[C@@H]2CC[C@@]2(C)[C@H]3CCC23OCCO3)C1. The van der Waals surface area contributed by atoms with Crippen molar-refractivity contribution in [2.24, 2.45) is 40.9 Å². The fourth-order valence-corrected chi connectivity index (χ4v) is 7.97. The van der Waals surface area contributed by atoms with Gasteiger partial charge in [-0.2, -0.15) is 0 Å². The van der Waals surface area contributed by atoms with E-state index in [1.165, 1.54) is 51.4 Å². The fourth-order valence-electron chi connectivity index (χ4n) is 7.97. The van der Waals surface area contributed by atoms with Gasteiger partial charge in [0.1, 0.15) is 0 Å². The minimum atomic E-state index is -0.208. The first-order chi connectivity index (χ1) is 11.1. The summed E-state index contributed by atoms with van der Waals surface area (Å²) in [6.07, 6.45) is 12.8. The summed E-state index contributed by atoms with van der Waals surface area (Å²) in [6.45, 7) is 6.63. The molecule has 0 amide bonds. The Labute approximate surface area is 141 Å². The molecule has 1 aliphatic heterocycles. The van der Waals surface area contributed by atoms with Crippen molar-refractivity contribution in [1.82, 2.24) is 0 Å². The van der Waals surface area contributed by atoms with E-state index in [1.807, 2.05) is 0 Å². The van der Waals surface area contributed by atoms with Gasteiger partial charge in [0.2, 0.25) is 0 Å². The summed E-state index contributed by atoms with van der Waals surface area (Å²) < 4.78 is 12.5. The largest absolute Gasteiger partial charge is 0.347 e. The maximum absolute atomic E-state index is 6.25. The Hall–Kier alpha value is -0.0800. The fraction of sp³-hybridized carbons (Fsp3) is 1.00. The maximum atomic E-state index is 6.25. The van der Waals surface area contributed by atoms with Gasteiger partial charge in [-0.3, -0.25) is 0 Å². The monoisotopic (exact) mass is 318 g/mol. The first-order valence-electron chi connectivity index (χ1n) is 10.4. The van der Waals surface area contributed by atoms with E-state index in [1.54, 1.807) is 0 Å². The van der Waals surface area contributed by atoms with Crippen molar-refractivity contribution in [2.45, 2.75) is 77.4 Å². The Morgan fingerprint density at radius 2 is 1.57 bits per heavy atom. The Balaban J connectivity index is 1.41. The van der Waals surface area contributed by atoms with E-state index in [4.69, 9.17) is 9.47 Å². The first-order valence-corrected chi connectivity index (χ1v) is 10.4. The van der Waals surface area contributed by atoms with Crippen molar-refractivity contribution in [3.05, 3.63) is 0 Å². The van der Waals surface area contributed by atoms with Crippen LogP contribution in [0, 0.1) is 40.9 Å². The van der Waals surface area contributed by atoms with Crippen molar-refractivity contribution in [3.8, 4) is 0 Å². The highest BCUT2D eigenvalue weighted by molar-refractivity contribution is 5.10. The average molecular weight is 319 g/mol. The van der Waals surface area contributed by atoms with Crippen molar-refractivity contribution in [1.29, 1.82) is 0 Å². The minimum absolute atomic E-state index is 0.208. The predicted molar refractivity (Wildman–Crippen MR) is 90.9 cm³/mol. The molecule has 5 fully saturated rings. The second-order valence-electron chi connectivity index (χ2n) is 9.80. The van der Waals surface area contributed by atoms with Crippen LogP contribution in [0.4, 0.5) is 0 Å².